The van der Waals surface area contributed by atoms with E-state index in [0.29, 0.717) is 54.1 Å². The number of pyridine rings is 3. The molecule has 11 nitrogen and oxygen atoms in total. The Labute approximate surface area is 291 Å². The van der Waals surface area contributed by atoms with Crippen LogP contribution in [-0.4, -0.2) is 49.3 Å². The number of fused-ring (bicyclic) bond motifs is 1. The highest BCUT2D eigenvalue weighted by atomic mass is 16.5. The van der Waals surface area contributed by atoms with Crippen LogP contribution < -0.4 is 29.2 Å². The molecule has 1 aliphatic carbocycles. The molecular weight excluding hydrogens is 632 g/mol. The molecule has 3 atom stereocenters. The number of anilines is 2. The molecule has 1 amide bonds. The second-order valence-electron chi connectivity index (χ2n) is 12.4. The zero-order valence-electron chi connectivity index (χ0n) is 29.1. The van der Waals surface area contributed by atoms with Crippen molar-refractivity contribution in [2.24, 2.45) is 17.8 Å². The number of aromatic nitrogens is 3. The number of ether oxygens (including phenoxy) is 4. The van der Waals surface area contributed by atoms with Gasteiger partial charge in [-0.25, -0.2) is 9.97 Å². The number of methoxy groups -OCH3 is 4. The van der Waals surface area contributed by atoms with Crippen LogP contribution in [0, 0.1) is 36.0 Å². The van der Waals surface area contributed by atoms with Gasteiger partial charge in [-0.2, -0.15) is 5.26 Å². The molecule has 0 saturated heterocycles. The molecule has 256 valence electrons. The van der Waals surface area contributed by atoms with Gasteiger partial charge in [-0.1, -0.05) is 6.92 Å². The number of nitriles is 1. The predicted octanol–water partition coefficient (Wildman–Crippen LogP) is 6.98. The Balaban J connectivity index is 1.49. The van der Waals surface area contributed by atoms with Crippen LogP contribution in [-0.2, 0) is 17.9 Å². The minimum Gasteiger partial charge on any atom is -0.497 e. The Bertz CT molecular complexity index is 2020. The van der Waals surface area contributed by atoms with E-state index in [1.165, 1.54) is 0 Å². The predicted molar refractivity (Wildman–Crippen MR) is 191 cm³/mol. The van der Waals surface area contributed by atoms with Gasteiger partial charge in [-0.15, -0.1) is 0 Å². The molecular formula is C39H40N6O5. The molecule has 1 N–H and O–H groups in total. The number of hydrogen-bond acceptors (Lipinski definition) is 10. The minimum absolute atomic E-state index is 0.0647. The summed E-state index contributed by atoms with van der Waals surface area (Å²) in [6.45, 7) is 4.86. The van der Waals surface area contributed by atoms with Crippen molar-refractivity contribution in [1.29, 1.82) is 5.26 Å². The summed E-state index contributed by atoms with van der Waals surface area (Å²) in [6, 6.07) is 19.5. The van der Waals surface area contributed by atoms with E-state index in [2.05, 4.69) is 26.3 Å². The van der Waals surface area contributed by atoms with Crippen molar-refractivity contribution in [3.8, 4) is 40.3 Å². The molecule has 3 aromatic heterocycles. The SMILES string of the molecule is COc1ccc(CN(Cc2ccc(OC)cc2OC)c2nc(-c3cnccc3C)cc3cc(NC(=O)C4C(C)C4CC#N)ncc23)c(OC)c1. The number of hydrogen-bond donors (Lipinski definition) is 1. The standard InChI is InChI=1S/C39H40N6O5/c1-23-12-14-41-19-31(23)33-15-27-16-36(44-39(46)37-24(2)30(37)11-13-40)42-20-32(27)38(43-33)45(21-25-7-9-28(47-3)17-34(25)49-5)22-26-8-10-29(48-4)18-35(26)50-6/h7-10,12,14-20,24,30,37H,11,21-22H2,1-6H3,(H,42,44,46). The molecule has 6 rings (SSSR count). The van der Waals surface area contributed by atoms with Gasteiger partial charge in [0.2, 0.25) is 5.91 Å². The van der Waals surface area contributed by atoms with E-state index < -0.39 is 0 Å². The molecule has 11 heteroatoms. The van der Waals surface area contributed by atoms with Gasteiger partial charge >= 0.3 is 0 Å². The summed E-state index contributed by atoms with van der Waals surface area (Å²) in [4.78, 5) is 29.7. The van der Waals surface area contributed by atoms with Crippen LogP contribution in [0.25, 0.3) is 22.0 Å². The quantitative estimate of drug-likeness (QED) is 0.140. The van der Waals surface area contributed by atoms with Gasteiger partial charge in [0.15, 0.2) is 0 Å². The molecule has 0 bridgehead atoms. The Morgan fingerprint density at radius 3 is 2.14 bits per heavy atom. The van der Waals surface area contributed by atoms with Crippen LogP contribution in [0.15, 0.2) is 73.2 Å². The Morgan fingerprint density at radius 1 is 0.900 bits per heavy atom. The normalized spacial score (nSPS) is 16.3. The maximum Gasteiger partial charge on any atom is 0.229 e. The second kappa shape index (κ2) is 14.7. The van der Waals surface area contributed by atoms with Crippen LogP contribution >= 0.6 is 0 Å². The van der Waals surface area contributed by atoms with E-state index in [4.69, 9.17) is 23.9 Å². The van der Waals surface area contributed by atoms with E-state index >= 15 is 0 Å². The average molecular weight is 673 g/mol. The molecule has 2 aromatic carbocycles. The number of nitrogens with zero attached hydrogens (tertiary/aromatic N) is 5. The third kappa shape index (κ3) is 6.96. The van der Waals surface area contributed by atoms with Crippen molar-refractivity contribution in [3.63, 3.8) is 0 Å². The number of amides is 1. The van der Waals surface area contributed by atoms with Gasteiger partial charge in [0.1, 0.15) is 34.6 Å². The van der Waals surface area contributed by atoms with Crippen LogP contribution in [0.2, 0.25) is 0 Å². The number of rotatable bonds is 13. The highest BCUT2D eigenvalue weighted by Crippen LogP contribution is 2.48. The molecule has 50 heavy (non-hydrogen) atoms. The fourth-order valence-electron chi connectivity index (χ4n) is 6.50. The van der Waals surface area contributed by atoms with E-state index in [1.54, 1.807) is 40.8 Å². The molecule has 1 saturated carbocycles. The maximum atomic E-state index is 13.2. The van der Waals surface area contributed by atoms with Crippen LogP contribution in [0.5, 0.6) is 23.0 Å². The highest BCUT2D eigenvalue weighted by molar-refractivity contribution is 5.99. The average Bonchev–Trinajstić information content (AvgIpc) is 3.79. The van der Waals surface area contributed by atoms with Gasteiger partial charge < -0.3 is 29.2 Å². The molecule has 1 aliphatic rings. The summed E-state index contributed by atoms with van der Waals surface area (Å²) >= 11 is 0. The summed E-state index contributed by atoms with van der Waals surface area (Å²) in [5.74, 6) is 3.72. The molecule has 3 heterocycles. The van der Waals surface area contributed by atoms with E-state index in [1.807, 2.05) is 74.6 Å². The lowest BCUT2D eigenvalue weighted by molar-refractivity contribution is -0.117. The van der Waals surface area contributed by atoms with Gasteiger partial charge in [-0.3, -0.25) is 9.78 Å². The Hall–Kier alpha value is -5.89. The van der Waals surface area contributed by atoms with Gasteiger partial charge in [-0.05, 0) is 72.2 Å². The van der Waals surface area contributed by atoms with Crippen LogP contribution in [0.4, 0.5) is 11.6 Å². The molecule has 5 aromatic rings. The minimum atomic E-state index is -0.205. The summed E-state index contributed by atoms with van der Waals surface area (Å²) in [7, 11) is 6.52. The number of carbonyl (C=O) groups excluding carboxylic acids is 1. The molecule has 0 aliphatic heterocycles. The Morgan fingerprint density at radius 2 is 1.56 bits per heavy atom. The van der Waals surface area contributed by atoms with Crippen molar-refractivity contribution >= 4 is 28.3 Å². The largest absolute Gasteiger partial charge is 0.497 e. The van der Waals surface area contributed by atoms with Crippen LogP contribution in [0.1, 0.15) is 30.0 Å². The third-order valence-electron chi connectivity index (χ3n) is 9.46. The number of nitrogens with one attached hydrogen (secondary N) is 1. The fourth-order valence-corrected chi connectivity index (χ4v) is 6.50. The second-order valence-corrected chi connectivity index (χ2v) is 12.4. The first-order valence-electron chi connectivity index (χ1n) is 16.3. The fraction of sp³-hybridized carbons (Fsp3) is 0.308. The van der Waals surface area contributed by atoms with Crippen molar-refractivity contribution in [1.82, 2.24) is 15.0 Å². The van der Waals surface area contributed by atoms with Crippen molar-refractivity contribution in [2.75, 3.05) is 38.7 Å². The first-order valence-corrected chi connectivity index (χ1v) is 16.3. The summed E-state index contributed by atoms with van der Waals surface area (Å²) in [5.41, 5.74) is 4.46. The van der Waals surface area contributed by atoms with Crippen molar-refractivity contribution < 1.29 is 23.7 Å². The first-order chi connectivity index (χ1) is 24.3. The van der Waals surface area contributed by atoms with E-state index in [9.17, 15) is 10.1 Å². The number of aryl methyl sites for hydroxylation is 1. The summed E-state index contributed by atoms with van der Waals surface area (Å²) in [5, 5.41) is 13.8. The number of benzene rings is 2. The summed E-state index contributed by atoms with van der Waals surface area (Å²) in [6.07, 6.45) is 5.68. The molecule has 0 spiro atoms. The molecule has 0 radical (unpaired) electrons. The zero-order chi connectivity index (χ0) is 35.4. The zero-order valence-corrected chi connectivity index (χ0v) is 29.1. The highest BCUT2D eigenvalue weighted by Gasteiger charge is 2.51. The summed E-state index contributed by atoms with van der Waals surface area (Å²) < 4.78 is 22.6. The monoisotopic (exact) mass is 672 g/mol. The molecule has 1 fully saturated rings. The molecule has 3 unspecified atom stereocenters. The smallest absolute Gasteiger partial charge is 0.229 e. The van der Waals surface area contributed by atoms with Crippen molar-refractivity contribution in [3.05, 3.63) is 89.9 Å². The number of carbonyl (C=O) groups is 1. The van der Waals surface area contributed by atoms with E-state index in [0.717, 1.165) is 38.7 Å². The lowest BCUT2D eigenvalue weighted by Gasteiger charge is -2.28. The van der Waals surface area contributed by atoms with Crippen molar-refractivity contribution in [2.45, 2.75) is 33.4 Å². The third-order valence-corrected chi connectivity index (χ3v) is 9.46. The van der Waals surface area contributed by atoms with Gasteiger partial charge in [0.25, 0.3) is 0 Å². The first kappa shape index (κ1) is 34.0. The maximum absolute atomic E-state index is 13.2. The van der Waals surface area contributed by atoms with E-state index in [-0.39, 0.29) is 23.7 Å². The lowest BCUT2D eigenvalue weighted by atomic mass is 10.0. The van der Waals surface area contributed by atoms with Crippen LogP contribution in [0.3, 0.4) is 0 Å². The Kier molecular flexibility index (Phi) is 9.99. The topological polar surface area (TPSA) is 132 Å². The van der Waals surface area contributed by atoms with Gasteiger partial charge in [0, 0.05) is 78.2 Å². The lowest BCUT2D eigenvalue weighted by Crippen LogP contribution is -2.24. The van der Waals surface area contributed by atoms with Gasteiger partial charge in [0.05, 0.1) is 40.2 Å².